The van der Waals surface area contributed by atoms with Crippen molar-refractivity contribution >= 4 is 22.9 Å². The molecule has 104 valence electrons. The smallest absolute Gasteiger partial charge is 0.273 e. The Morgan fingerprint density at radius 2 is 1.85 bits per heavy atom. The van der Waals surface area contributed by atoms with E-state index >= 15 is 0 Å². The summed E-state index contributed by atoms with van der Waals surface area (Å²) in [5, 5.41) is 1.77. The normalized spacial score (nSPS) is 15.4. The summed E-state index contributed by atoms with van der Waals surface area (Å²) in [6, 6.07) is 6.46. The van der Waals surface area contributed by atoms with E-state index < -0.39 is 0 Å². The lowest BCUT2D eigenvalue weighted by molar-refractivity contribution is 0.0741. The molecular formula is C14H14FN3OS. The molecule has 1 aliphatic rings. The first-order valence-electron chi connectivity index (χ1n) is 6.42. The van der Waals surface area contributed by atoms with Gasteiger partial charge in [-0.05, 0) is 24.3 Å². The molecule has 0 bridgehead atoms. The summed E-state index contributed by atoms with van der Waals surface area (Å²) in [6.45, 7) is 2.82. The lowest BCUT2D eigenvalue weighted by atomic mass is 10.2. The van der Waals surface area contributed by atoms with E-state index in [-0.39, 0.29) is 11.7 Å². The molecule has 0 atom stereocenters. The Kier molecular flexibility index (Phi) is 3.64. The molecule has 1 aliphatic heterocycles. The van der Waals surface area contributed by atoms with Gasteiger partial charge in [0.15, 0.2) is 0 Å². The van der Waals surface area contributed by atoms with Crippen LogP contribution in [0.3, 0.4) is 0 Å². The summed E-state index contributed by atoms with van der Waals surface area (Å²) in [7, 11) is 0. The molecule has 1 saturated heterocycles. The zero-order valence-corrected chi connectivity index (χ0v) is 11.6. The summed E-state index contributed by atoms with van der Waals surface area (Å²) in [4.78, 5) is 20.2. The van der Waals surface area contributed by atoms with Gasteiger partial charge < -0.3 is 9.80 Å². The van der Waals surface area contributed by atoms with Gasteiger partial charge in [-0.25, -0.2) is 9.37 Å². The quantitative estimate of drug-likeness (QED) is 0.851. The SMILES string of the molecule is O=C(c1cscn1)N1CCN(c2ccc(F)cc2)CC1. The van der Waals surface area contributed by atoms with Crippen LogP contribution in [0.15, 0.2) is 35.2 Å². The third-order valence-electron chi connectivity index (χ3n) is 3.41. The molecule has 0 spiro atoms. The fourth-order valence-electron chi connectivity index (χ4n) is 2.30. The maximum absolute atomic E-state index is 12.9. The zero-order valence-electron chi connectivity index (χ0n) is 10.8. The second-order valence-corrected chi connectivity index (χ2v) is 5.35. The largest absolute Gasteiger partial charge is 0.368 e. The summed E-state index contributed by atoms with van der Waals surface area (Å²) in [5.74, 6) is -0.240. The minimum atomic E-state index is -0.230. The molecule has 2 aromatic rings. The van der Waals surface area contributed by atoms with Crippen molar-refractivity contribution < 1.29 is 9.18 Å². The molecule has 20 heavy (non-hydrogen) atoms. The maximum Gasteiger partial charge on any atom is 0.273 e. The Morgan fingerprint density at radius 1 is 1.15 bits per heavy atom. The molecule has 0 aliphatic carbocycles. The number of piperazine rings is 1. The Bertz CT molecular complexity index is 577. The Hall–Kier alpha value is -1.95. The third kappa shape index (κ3) is 2.65. The molecule has 1 amide bonds. The van der Waals surface area contributed by atoms with E-state index in [1.54, 1.807) is 23.0 Å². The molecule has 1 aromatic heterocycles. The fraction of sp³-hybridized carbons (Fsp3) is 0.286. The minimum absolute atomic E-state index is 0.00925. The maximum atomic E-state index is 12.9. The number of carbonyl (C=O) groups excluding carboxylic acids is 1. The lowest BCUT2D eigenvalue weighted by Crippen LogP contribution is -2.48. The number of hydrogen-bond donors (Lipinski definition) is 0. The van der Waals surface area contributed by atoms with Crippen LogP contribution in [0, 0.1) is 5.82 Å². The molecular weight excluding hydrogens is 277 g/mol. The molecule has 0 radical (unpaired) electrons. The van der Waals surface area contributed by atoms with Gasteiger partial charge in [0.25, 0.3) is 5.91 Å². The minimum Gasteiger partial charge on any atom is -0.368 e. The van der Waals surface area contributed by atoms with Crippen LogP contribution in [-0.2, 0) is 0 Å². The molecule has 2 heterocycles. The number of amides is 1. The lowest BCUT2D eigenvalue weighted by Gasteiger charge is -2.35. The second kappa shape index (κ2) is 5.58. The number of halogens is 1. The molecule has 3 rings (SSSR count). The first-order chi connectivity index (χ1) is 9.74. The summed E-state index contributed by atoms with van der Waals surface area (Å²) in [5.41, 5.74) is 3.18. The van der Waals surface area contributed by atoms with Gasteiger partial charge in [-0.1, -0.05) is 0 Å². The molecule has 6 heteroatoms. The van der Waals surface area contributed by atoms with Crippen molar-refractivity contribution in [3.63, 3.8) is 0 Å². The molecule has 0 N–H and O–H groups in total. The van der Waals surface area contributed by atoms with Crippen molar-refractivity contribution in [3.05, 3.63) is 46.7 Å². The van der Waals surface area contributed by atoms with Crippen LogP contribution < -0.4 is 4.90 Å². The van der Waals surface area contributed by atoms with Crippen LogP contribution >= 0.6 is 11.3 Å². The van der Waals surface area contributed by atoms with Gasteiger partial charge >= 0.3 is 0 Å². The first kappa shape index (κ1) is 13.1. The monoisotopic (exact) mass is 291 g/mol. The Labute approximate surface area is 120 Å². The van der Waals surface area contributed by atoms with Gasteiger partial charge in [0.2, 0.25) is 0 Å². The number of hydrogen-bond acceptors (Lipinski definition) is 4. The van der Waals surface area contributed by atoms with Crippen molar-refractivity contribution in [3.8, 4) is 0 Å². The second-order valence-electron chi connectivity index (χ2n) is 4.63. The molecule has 1 aromatic carbocycles. The summed E-state index contributed by atoms with van der Waals surface area (Å²) < 4.78 is 12.9. The van der Waals surface area contributed by atoms with E-state index in [2.05, 4.69) is 9.88 Å². The van der Waals surface area contributed by atoms with E-state index in [4.69, 9.17) is 0 Å². The average molecular weight is 291 g/mol. The molecule has 4 nitrogen and oxygen atoms in total. The van der Waals surface area contributed by atoms with E-state index in [1.165, 1.54) is 23.5 Å². The highest BCUT2D eigenvalue weighted by Gasteiger charge is 2.23. The van der Waals surface area contributed by atoms with Crippen molar-refractivity contribution in [2.24, 2.45) is 0 Å². The van der Waals surface area contributed by atoms with Crippen LogP contribution in [0.4, 0.5) is 10.1 Å². The number of benzene rings is 1. The Balaban J connectivity index is 1.62. The molecule has 0 unspecified atom stereocenters. The number of thiazole rings is 1. The third-order valence-corrected chi connectivity index (χ3v) is 4.00. The van der Waals surface area contributed by atoms with Gasteiger partial charge in [-0.2, -0.15) is 0 Å². The predicted octanol–water partition coefficient (Wildman–Crippen LogP) is 2.24. The number of nitrogens with zero attached hydrogens (tertiary/aromatic N) is 3. The van der Waals surface area contributed by atoms with E-state index in [0.29, 0.717) is 18.8 Å². The summed E-state index contributed by atoms with van der Waals surface area (Å²) in [6.07, 6.45) is 0. The average Bonchev–Trinajstić information content (AvgIpc) is 3.02. The highest BCUT2D eigenvalue weighted by molar-refractivity contribution is 7.07. The highest BCUT2D eigenvalue weighted by atomic mass is 32.1. The highest BCUT2D eigenvalue weighted by Crippen LogP contribution is 2.17. The fourth-order valence-corrected chi connectivity index (χ4v) is 2.83. The Morgan fingerprint density at radius 3 is 2.45 bits per heavy atom. The van der Waals surface area contributed by atoms with E-state index in [1.807, 2.05) is 4.90 Å². The van der Waals surface area contributed by atoms with Gasteiger partial charge in [0, 0.05) is 37.2 Å². The van der Waals surface area contributed by atoms with Crippen molar-refractivity contribution in [1.82, 2.24) is 9.88 Å². The van der Waals surface area contributed by atoms with Gasteiger partial charge in [-0.15, -0.1) is 11.3 Å². The number of anilines is 1. The topological polar surface area (TPSA) is 36.4 Å². The van der Waals surface area contributed by atoms with Crippen molar-refractivity contribution in [2.45, 2.75) is 0 Å². The number of rotatable bonds is 2. The van der Waals surface area contributed by atoms with Crippen LogP contribution in [0.2, 0.25) is 0 Å². The first-order valence-corrected chi connectivity index (χ1v) is 7.36. The molecule has 0 saturated carbocycles. The van der Waals surface area contributed by atoms with Gasteiger partial charge in [0.05, 0.1) is 5.51 Å². The van der Waals surface area contributed by atoms with Crippen molar-refractivity contribution in [2.75, 3.05) is 31.1 Å². The van der Waals surface area contributed by atoms with Gasteiger partial charge in [0.1, 0.15) is 11.5 Å². The predicted molar refractivity (Wildman–Crippen MR) is 76.6 cm³/mol. The number of carbonyl (C=O) groups is 1. The van der Waals surface area contributed by atoms with E-state index in [9.17, 15) is 9.18 Å². The van der Waals surface area contributed by atoms with Gasteiger partial charge in [-0.3, -0.25) is 4.79 Å². The van der Waals surface area contributed by atoms with Crippen molar-refractivity contribution in [1.29, 1.82) is 0 Å². The number of aromatic nitrogens is 1. The van der Waals surface area contributed by atoms with Crippen LogP contribution in [0.1, 0.15) is 10.5 Å². The van der Waals surface area contributed by atoms with Crippen LogP contribution in [-0.4, -0.2) is 42.0 Å². The molecule has 1 fully saturated rings. The standard InChI is InChI=1S/C14H14FN3OS/c15-11-1-3-12(4-2-11)17-5-7-18(8-6-17)14(19)13-9-20-10-16-13/h1-4,9-10H,5-8H2. The zero-order chi connectivity index (χ0) is 13.9. The van der Waals surface area contributed by atoms with E-state index in [0.717, 1.165) is 18.8 Å². The summed E-state index contributed by atoms with van der Waals surface area (Å²) >= 11 is 1.43. The van der Waals surface area contributed by atoms with Crippen LogP contribution in [0.25, 0.3) is 0 Å². The van der Waals surface area contributed by atoms with Crippen LogP contribution in [0.5, 0.6) is 0 Å².